The summed E-state index contributed by atoms with van der Waals surface area (Å²) in [5, 5.41) is 0.433. The van der Waals surface area contributed by atoms with Gasteiger partial charge in [-0.15, -0.1) is 11.8 Å². The average molecular weight is 337 g/mol. The summed E-state index contributed by atoms with van der Waals surface area (Å²) in [6.07, 6.45) is 2.74. The summed E-state index contributed by atoms with van der Waals surface area (Å²) in [4.78, 5) is 5.14. The number of aromatic nitrogens is 1. The van der Waals surface area contributed by atoms with E-state index in [-0.39, 0.29) is 5.82 Å². The third kappa shape index (κ3) is 4.24. The van der Waals surface area contributed by atoms with Crippen LogP contribution in [0.5, 0.6) is 0 Å². The molecule has 2 aromatic rings. The highest BCUT2D eigenvalue weighted by Crippen LogP contribution is 2.32. The highest BCUT2D eigenvalue weighted by molar-refractivity contribution is 8.08. The van der Waals surface area contributed by atoms with Gasteiger partial charge in [-0.2, -0.15) is 0 Å². The number of aliphatic imine (C=N–C) groups is 1. The second-order valence-electron chi connectivity index (χ2n) is 4.95. The van der Waals surface area contributed by atoms with Crippen molar-refractivity contribution < 1.29 is 4.39 Å². The van der Waals surface area contributed by atoms with Gasteiger partial charge in [0, 0.05) is 24.0 Å². The Morgan fingerprint density at radius 2 is 2.18 bits per heavy atom. The van der Waals surface area contributed by atoms with E-state index >= 15 is 0 Å². The molecule has 116 valence electrons. The van der Waals surface area contributed by atoms with Gasteiger partial charge in [0.25, 0.3) is 0 Å². The molecule has 0 N–H and O–H groups in total. The van der Waals surface area contributed by atoms with Gasteiger partial charge in [0.15, 0.2) is 0 Å². The molecule has 0 unspecified atom stereocenters. The van der Waals surface area contributed by atoms with E-state index in [2.05, 4.69) is 22.3 Å². The van der Waals surface area contributed by atoms with Gasteiger partial charge in [-0.25, -0.2) is 4.39 Å². The summed E-state index contributed by atoms with van der Waals surface area (Å²) in [7, 11) is 2.00. The highest BCUT2D eigenvalue weighted by atomic mass is 35.5. The van der Waals surface area contributed by atoms with Crippen LogP contribution in [-0.4, -0.2) is 17.0 Å². The first-order chi connectivity index (χ1) is 10.5. The molecule has 0 saturated heterocycles. The zero-order valence-corrected chi connectivity index (χ0v) is 14.2. The lowest BCUT2D eigenvalue weighted by atomic mass is 10.2. The van der Waals surface area contributed by atoms with Crippen molar-refractivity contribution in [3.63, 3.8) is 0 Å². The van der Waals surface area contributed by atoms with E-state index in [1.54, 1.807) is 17.8 Å². The lowest BCUT2D eigenvalue weighted by Gasteiger charge is -2.11. The molecule has 0 spiro atoms. The number of benzene rings is 1. The third-order valence-electron chi connectivity index (χ3n) is 3.30. The first kappa shape index (κ1) is 16.8. The Bertz CT molecular complexity index is 686. The summed E-state index contributed by atoms with van der Waals surface area (Å²) >= 11 is 7.58. The molecule has 0 aliphatic carbocycles. The van der Waals surface area contributed by atoms with E-state index in [1.165, 1.54) is 12.1 Å². The SMILES string of the molecule is C=N/C(C)=C(\SCCc1cc(F)cc(Cl)c1)c1cccn1C. The molecule has 0 atom stereocenters. The number of rotatable bonds is 6. The van der Waals surface area contributed by atoms with Crippen molar-refractivity contribution in [1.29, 1.82) is 0 Å². The number of allylic oxidation sites excluding steroid dienone is 1. The van der Waals surface area contributed by atoms with Crippen LogP contribution in [0, 0.1) is 5.82 Å². The number of aryl methyl sites for hydroxylation is 2. The molecule has 1 heterocycles. The maximum atomic E-state index is 13.3. The lowest BCUT2D eigenvalue weighted by molar-refractivity contribution is 0.626. The third-order valence-corrected chi connectivity index (χ3v) is 4.72. The Kier molecular flexibility index (Phi) is 5.86. The quantitative estimate of drug-likeness (QED) is 0.664. The van der Waals surface area contributed by atoms with Gasteiger partial charge >= 0.3 is 0 Å². The van der Waals surface area contributed by atoms with Crippen LogP contribution < -0.4 is 0 Å². The molecule has 1 aromatic heterocycles. The van der Waals surface area contributed by atoms with Crippen molar-refractivity contribution in [2.75, 3.05) is 5.75 Å². The molecule has 0 saturated carbocycles. The molecule has 22 heavy (non-hydrogen) atoms. The normalized spacial score (nSPS) is 12.2. The number of thioether (sulfide) groups is 1. The smallest absolute Gasteiger partial charge is 0.124 e. The van der Waals surface area contributed by atoms with Crippen molar-refractivity contribution in [3.8, 4) is 0 Å². The topological polar surface area (TPSA) is 17.3 Å². The second-order valence-corrected chi connectivity index (χ2v) is 6.49. The summed E-state index contributed by atoms with van der Waals surface area (Å²) in [6, 6.07) is 8.70. The predicted molar refractivity (Wildman–Crippen MR) is 95.1 cm³/mol. The van der Waals surface area contributed by atoms with Gasteiger partial charge < -0.3 is 4.57 Å². The zero-order chi connectivity index (χ0) is 16.1. The highest BCUT2D eigenvalue weighted by Gasteiger charge is 2.10. The van der Waals surface area contributed by atoms with Crippen molar-refractivity contribution in [1.82, 2.24) is 4.57 Å². The largest absolute Gasteiger partial charge is 0.350 e. The molecule has 0 fully saturated rings. The van der Waals surface area contributed by atoms with Crippen LogP contribution in [0.4, 0.5) is 4.39 Å². The maximum absolute atomic E-state index is 13.3. The lowest BCUT2D eigenvalue weighted by Crippen LogP contribution is -1.96. The monoisotopic (exact) mass is 336 g/mol. The van der Waals surface area contributed by atoms with E-state index in [0.717, 1.165) is 34.0 Å². The molecule has 0 aliphatic rings. The van der Waals surface area contributed by atoms with Gasteiger partial charge in [-0.05, 0) is 56.0 Å². The summed E-state index contributed by atoms with van der Waals surface area (Å²) in [5.74, 6) is 0.516. The second kappa shape index (κ2) is 7.65. The Labute approximate surface area is 139 Å². The molecule has 2 rings (SSSR count). The Morgan fingerprint density at radius 3 is 2.77 bits per heavy atom. The molecular weight excluding hydrogens is 319 g/mol. The van der Waals surface area contributed by atoms with Gasteiger partial charge in [0.05, 0.1) is 16.3 Å². The van der Waals surface area contributed by atoms with Gasteiger partial charge in [-0.1, -0.05) is 11.6 Å². The van der Waals surface area contributed by atoms with E-state index in [1.807, 2.05) is 26.2 Å². The van der Waals surface area contributed by atoms with Crippen LogP contribution in [0.1, 0.15) is 18.2 Å². The van der Waals surface area contributed by atoms with Crippen molar-refractivity contribution in [3.05, 3.63) is 64.3 Å². The van der Waals surface area contributed by atoms with Crippen LogP contribution in [0.3, 0.4) is 0 Å². The fraction of sp³-hybridized carbons (Fsp3) is 0.235. The van der Waals surface area contributed by atoms with Crippen LogP contribution in [0.2, 0.25) is 5.02 Å². The zero-order valence-electron chi connectivity index (χ0n) is 12.6. The van der Waals surface area contributed by atoms with E-state index in [0.29, 0.717) is 5.02 Å². The average Bonchev–Trinajstić information content (AvgIpc) is 2.88. The molecular formula is C17H18ClFN2S. The minimum Gasteiger partial charge on any atom is -0.350 e. The minimum absolute atomic E-state index is 0.297. The summed E-state index contributed by atoms with van der Waals surface area (Å²) in [6.45, 7) is 5.56. The van der Waals surface area contributed by atoms with Crippen molar-refractivity contribution >= 4 is 35.0 Å². The summed E-state index contributed by atoms with van der Waals surface area (Å²) in [5.41, 5.74) is 2.89. The number of hydrogen-bond donors (Lipinski definition) is 0. The number of nitrogens with zero attached hydrogens (tertiary/aromatic N) is 2. The molecule has 0 aliphatic heterocycles. The van der Waals surface area contributed by atoms with Crippen LogP contribution in [0.25, 0.3) is 4.91 Å². The Morgan fingerprint density at radius 1 is 1.41 bits per heavy atom. The van der Waals surface area contributed by atoms with Gasteiger partial charge in [0.2, 0.25) is 0 Å². The molecule has 0 bridgehead atoms. The minimum atomic E-state index is -0.297. The van der Waals surface area contributed by atoms with Crippen molar-refractivity contribution in [2.24, 2.45) is 12.0 Å². The van der Waals surface area contributed by atoms with Crippen LogP contribution in [0.15, 0.2) is 47.2 Å². The molecule has 2 nitrogen and oxygen atoms in total. The van der Waals surface area contributed by atoms with Gasteiger partial charge in [0.1, 0.15) is 5.82 Å². The van der Waals surface area contributed by atoms with Crippen molar-refractivity contribution in [2.45, 2.75) is 13.3 Å². The van der Waals surface area contributed by atoms with Gasteiger partial charge in [-0.3, -0.25) is 4.99 Å². The van der Waals surface area contributed by atoms with E-state index in [4.69, 9.17) is 11.6 Å². The van der Waals surface area contributed by atoms with E-state index in [9.17, 15) is 4.39 Å². The Balaban J connectivity index is 2.10. The molecule has 0 amide bonds. The fourth-order valence-electron chi connectivity index (χ4n) is 2.16. The van der Waals surface area contributed by atoms with Crippen LogP contribution >= 0.6 is 23.4 Å². The summed E-state index contributed by atoms with van der Waals surface area (Å²) < 4.78 is 15.4. The predicted octanol–water partition coefficient (Wildman–Crippen LogP) is 5.18. The Hall–Kier alpha value is -1.52. The standard InChI is InChI=1S/C17H18ClFN2S/c1-12(20-2)17(16-5-4-7-21(16)3)22-8-6-13-9-14(18)11-15(19)10-13/h4-5,7,9-11H,2,6,8H2,1,3H3/b17-12-. The molecule has 0 radical (unpaired) electrons. The maximum Gasteiger partial charge on any atom is 0.124 e. The van der Waals surface area contributed by atoms with Crippen LogP contribution in [-0.2, 0) is 13.5 Å². The first-order valence-electron chi connectivity index (χ1n) is 6.88. The fourth-order valence-corrected chi connectivity index (χ4v) is 3.58. The first-order valence-corrected chi connectivity index (χ1v) is 8.24. The molecule has 1 aromatic carbocycles. The number of hydrogen-bond acceptors (Lipinski definition) is 2. The van der Waals surface area contributed by atoms with E-state index < -0.39 is 0 Å². The number of halogens is 2. The molecule has 5 heteroatoms.